The van der Waals surface area contributed by atoms with Gasteiger partial charge in [-0.2, -0.15) is 0 Å². The number of ether oxygens (including phenoxy) is 1. The number of rotatable bonds is 1. The van der Waals surface area contributed by atoms with Crippen molar-refractivity contribution in [2.75, 3.05) is 13.2 Å². The van der Waals surface area contributed by atoms with E-state index in [2.05, 4.69) is 6.92 Å². The summed E-state index contributed by atoms with van der Waals surface area (Å²) in [6.45, 7) is 3.47. The molecule has 0 saturated carbocycles. The van der Waals surface area contributed by atoms with Gasteiger partial charge in [0.2, 0.25) is 0 Å². The highest BCUT2D eigenvalue weighted by Gasteiger charge is 2.33. The standard InChI is InChI=1S/C11H14ClNO/c1-11(7-13)5-6-14-9-4-2-3-8(12)10(9)11/h2-4H,5-7,13H2,1H3. The molecule has 1 heterocycles. The van der Waals surface area contributed by atoms with E-state index in [0.29, 0.717) is 6.54 Å². The Labute approximate surface area is 89.0 Å². The number of fused-ring (bicyclic) bond motifs is 1. The molecule has 3 heteroatoms. The van der Waals surface area contributed by atoms with Crippen LogP contribution in [0.4, 0.5) is 0 Å². The van der Waals surface area contributed by atoms with Crippen LogP contribution in [0.3, 0.4) is 0 Å². The fraction of sp³-hybridized carbons (Fsp3) is 0.455. The molecule has 1 aliphatic rings. The molecule has 1 aromatic carbocycles. The Bertz CT molecular complexity index is 353. The lowest BCUT2D eigenvalue weighted by atomic mass is 9.78. The number of hydrogen-bond acceptors (Lipinski definition) is 2. The number of benzene rings is 1. The molecule has 1 atom stereocenters. The minimum atomic E-state index is -0.0358. The maximum atomic E-state index is 6.17. The van der Waals surface area contributed by atoms with Crippen LogP contribution in [0.15, 0.2) is 18.2 Å². The van der Waals surface area contributed by atoms with Gasteiger partial charge in [-0.05, 0) is 18.6 Å². The summed E-state index contributed by atoms with van der Waals surface area (Å²) in [4.78, 5) is 0. The van der Waals surface area contributed by atoms with Crippen LogP contribution in [-0.4, -0.2) is 13.2 Å². The second kappa shape index (κ2) is 3.44. The monoisotopic (exact) mass is 211 g/mol. The summed E-state index contributed by atoms with van der Waals surface area (Å²) in [5.74, 6) is 0.886. The van der Waals surface area contributed by atoms with Gasteiger partial charge in [0.15, 0.2) is 0 Å². The van der Waals surface area contributed by atoms with E-state index in [9.17, 15) is 0 Å². The van der Waals surface area contributed by atoms with Crippen LogP contribution in [-0.2, 0) is 5.41 Å². The van der Waals surface area contributed by atoms with Gasteiger partial charge in [0, 0.05) is 22.5 Å². The van der Waals surface area contributed by atoms with Crippen molar-refractivity contribution in [1.82, 2.24) is 0 Å². The Morgan fingerprint density at radius 2 is 2.36 bits per heavy atom. The van der Waals surface area contributed by atoms with Crippen molar-refractivity contribution in [1.29, 1.82) is 0 Å². The zero-order valence-electron chi connectivity index (χ0n) is 8.22. The largest absolute Gasteiger partial charge is 0.493 e. The minimum absolute atomic E-state index is 0.0358. The molecule has 0 radical (unpaired) electrons. The quantitative estimate of drug-likeness (QED) is 0.774. The van der Waals surface area contributed by atoms with E-state index in [1.54, 1.807) is 0 Å². The maximum absolute atomic E-state index is 6.17. The molecule has 0 saturated heterocycles. The summed E-state index contributed by atoms with van der Waals surface area (Å²) >= 11 is 6.17. The Kier molecular flexibility index (Phi) is 2.41. The van der Waals surface area contributed by atoms with Crippen LogP contribution in [0, 0.1) is 0 Å². The molecule has 0 aromatic heterocycles. The van der Waals surface area contributed by atoms with Crippen LogP contribution in [0.1, 0.15) is 18.9 Å². The Balaban J connectivity index is 2.58. The van der Waals surface area contributed by atoms with E-state index in [1.807, 2.05) is 18.2 Å². The van der Waals surface area contributed by atoms with Gasteiger partial charge in [-0.3, -0.25) is 0 Å². The van der Waals surface area contributed by atoms with E-state index in [1.165, 1.54) is 0 Å². The smallest absolute Gasteiger partial charge is 0.124 e. The molecule has 1 unspecified atom stereocenters. The first-order valence-corrected chi connectivity index (χ1v) is 5.17. The summed E-state index contributed by atoms with van der Waals surface area (Å²) in [5, 5.41) is 0.759. The van der Waals surface area contributed by atoms with Crippen LogP contribution >= 0.6 is 11.6 Å². The van der Waals surface area contributed by atoms with Gasteiger partial charge in [0.1, 0.15) is 5.75 Å². The second-order valence-electron chi connectivity index (χ2n) is 3.98. The maximum Gasteiger partial charge on any atom is 0.124 e. The van der Waals surface area contributed by atoms with Crippen LogP contribution < -0.4 is 10.5 Å². The lowest BCUT2D eigenvalue weighted by molar-refractivity contribution is 0.227. The SMILES string of the molecule is CC1(CN)CCOc2cccc(Cl)c21. The predicted molar refractivity (Wildman–Crippen MR) is 58.0 cm³/mol. The van der Waals surface area contributed by atoms with Crippen molar-refractivity contribution in [3.8, 4) is 5.75 Å². The van der Waals surface area contributed by atoms with Gasteiger partial charge >= 0.3 is 0 Å². The molecule has 0 bridgehead atoms. The molecule has 0 fully saturated rings. The van der Waals surface area contributed by atoms with E-state index >= 15 is 0 Å². The van der Waals surface area contributed by atoms with Gasteiger partial charge in [-0.15, -0.1) is 0 Å². The van der Waals surface area contributed by atoms with Crippen molar-refractivity contribution in [3.05, 3.63) is 28.8 Å². The predicted octanol–water partition coefficient (Wildman–Crippen LogP) is 2.34. The number of nitrogens with two attached hydrogens (primary N) is 1. The molecule has 0 aliphatic carbocycles. The highest BCUT2D eigenvalue weighted by molar-refractivity contribution is 6.31. The molecule has 76 valence electrons. The topological polar surface area (TPSA) is 35.2 Å². The Morgan fingerprint density at radius 1 is 1.57 bits per heavy atom. The molecule has 0 spiro atoms. The first kappa shape index (κ1) is 9.81. The summed E-state index contributed by atoms with van der Waals surface area (Å²) < 4.78 is 5.56. The molecule has 2 rings (SSSR count). The minimum Gasteiger partial charge on any atom is -0.493 e. The number of hydrogen-bond donors (Lipinski definition) is 1. The van der Waals surface area contributed by atoms with Crippen molar-refractivity contribution in [3.63, 3.8) is 0 Å². The molecule has 0 amide bonds. The van der Waals surface area contributed by atoms with Gasteiger partial charge in [0.05, 0.1) is 6.61 Å². The Hall–Kier alpha value is -0.730. The van der Waals surface area contributed by atoms with E-state index < -0.39 is 0 Å². The molecule has 1 aliphatic heterocycles. The third-order valence-corrected chi connectivity index (χ3v) is 3.26. The lowest BCUT2D eigenvalue weighted by Gasteiger charge is -2.35. The van der Waals surface area contributed by atoms with E-state index in [4.69, 9.17) is 22.1 Å². The first-order valence-electron chi connectivity index (χ1n) is 4.79. The molecule has 2 nitrogen and oxygen atoms in total. The molecular formula is C11H14ClNO. The summed E-state index contributed by atoms with van der Waals surface area (Å²) in [6, 6.07) is 5.75. The second-order valence-corrected chi connectivity index (χ2v) is 4.38. The van der Waals surface area contributed by atoms with Gasteiger partial charge in [-0.1, -0.05) is 24.6 Å². The van der Waals surface area contributed by atoms with Crippen LogP contribution in [0.5, 0.6) is 5.75 Å². The third kappa shape index (κ3) is 1.39. The summed E-state index contributed by atoms with van der Waals surface area (Å²) in [7, 11) is 0. The zero-order chi connectivity index (χ0) is 10.2. The lowest BCUT2D eigenvalue weighted by Crippen LogP contribution is -2.37. The fourth-order valence-electron chi connectivity index (χ4n) is 1.93. The van der Waals surface area contributed by atoms with Crippen molar-refractivity contribution < 1.29 is 4.74 Å². The molecular weight excluding hydrogens is 198 g/mol. The van der Waals surface area contributed by atoms with E-state index in [-0.39, 0.29) is 5.41 Å². The van der Waals surface area contributed by atoms with Gasteiger partial charge in [-0.25, -0.2) is 0 Å². The highest BCUT2D eigenvalue weighted by atomic mass is 35.5. The molecule has 14 heavy (non-hydrogen) atoms. The average Bonchev–Trinajstić information content (AvgIpc) is 2.18. The molecule has 2 N–H and O–H groups in total. The van der Waals surface area contributed by atoms with Crippen molar-refractivity contribution >= 4 is 11.6 Å². The average molecular weight is 212 g/mol. The van der Waals surface area contributed by atoms with Gasteiger partial charge in [0.25, 0.3) is 0 Å². The fourth-order valence-corrected chi connectivity index (χ4v) is 2.32. The molecule has 1 aromatic rings. The normalized spacial score (nSPS) is 25.4. The van der Waals surface area contributed by atoms with Crippen LogP contribution in [0.2, 0.25) is 5.02 Å². The Morgan fingerprint density at radius 3 is 3.07 bits per heavy atom. The van der Waals surface area contributed by atoms with Crippen molar-refractivity contribution in [2.24, 2.45) is 5.73 Å². The van der Waals surface area contributed by atoms with Gasteiger partial charge < -0.3 is 10.5 Å². The van der Waals surface area contributed by atoms with Crippen LogP contribution in [0.25, 0.3) is 0 Å². The summed E-state index contributed by atoms with van der Waals surface area (Å²) in [6.07, 6.45) is 0.931. The zero-order valence-corrected chi connectivity index (χ0v) is 8.97. The highest BCUT2D eigenvalue weighted by Crippen LogP contribution is 2.41. The van der Waals surface area contributed by atoms with Crippen molar-refractivity contribution in [2.45, 2.75) is 18.8 Å². The third-order valence-electron chi connectivity index (χ3n) is 2.94. The number of halogens is 1. The van der Waals surface area contributed by atoms with E-state index in [0.717, 1.165) is 29.4 Å². The first-order chi connectivity index (χ1) is 6.67. The summed E-state index contributed by atoms with van der Waals surface area (Å²) in [5.41, 5.74) is 6.84.